The standard InChI is InChI=1S/C18H22N4O3/c1-13-5-3-4-6-16(13)25-14-8-11-22(12-9-14)18(24)20-15-7-10-19-21(2)17(15)23/h3-7,10,14H,8-9,11-12H2,1-2H3,(H,20,24). The lowest BCUT2D eigenvalue weighted by Gasteiger charge is -2.32. The average Bonchev–Trinajstić information content (AvgIpc) is 2.61. The van der Waals surface area contributed by atoms with Gasteiger partial charge in [-0.15, -0.1) is 0 Å². The predicted molar refractivity (Wildman–Crippen MR) is 94.9 cm³/mol. The Morgan fingerprint density at radius 1 is 1.24 bits per heavy atom. The van der Waals surface area contributed by atoms with E-state index in [0.29, 0.717) is 13.1 Å². The highest BCUT2D eigenvalue weighted by Crippen LogP contribution is 2.22. The van der Waals surface area contributed by atoms with Crippen LogP contribution in [0.1, 0.15) is 18.4 Å². The first-order chi connectivity index (χ1) is 12.0. The maximum absolute atomic E-state index is 12.4. The molecule has 1 aromatic heterocycles. The topological polar surface area (TPSA) is 76.5 Å². The van der Waals surface area contributed by atoms with Gasteiger partial charge in [0.05, 0.1) is 0 Å². The van der Waals surface area contributed by atoms with E-state index >= 15 is 0 Å². The Morgan fingerprint density at radius 2 is 1.96 bits per heavy atom. The highest BCUT2D eigenvalue weighted by atomic mass is 16.5. The molecule has 1 fully saturated rings. The van der Waals surface area contributed by atoms with Gasteiger partial charge in [-0.1, -0.05) is 18.2 Å². The second kappa shape index (κ2) is 7.38. The minimum absolute atomic E-state index is 0.0962. The number of amides is 2. The van der Waals surface area contributed by atoms with Gasteiger partial charge in [0.25, 0.3) is 5.56 Å². The van der Waals surface area contributed by atoms with Crippen molar-refractivity contribution in [3.05, 3.63) is 52.4 Å². The smallest absolute Gasteiger partial charge is 0.321 e. The van der Waals surface area contributed by atoms with Crippen LogP contribution in [0, 0.1) is 6.92 Å². The van der Waals surface area contributed by atoms with Gasteiger partial charge >= 0.3 is 6.03 Å². The number of nitrogens with zero attached hydrogens (tertiary/aromatic N) is 3. The van der Waals surface area contributed by atoms with Crippen molar-refractivity contribution >= 4 is 11.7 Å². The molecule has 132 valence electrons. The van der Waals surface area contributed by atoms with E-state index < -0.39 is 0 Å². The van der Waals surface area contributed by atoms with E-state index in [9.17, 15) is 9.59 Å². The van der Waals surface area contributed by atoms with Crippen LogP contribution in [0.3, 0.4) is 0 Å². The molecule has 2 amide bonds. The van der Waals surface area contributed by atoms with Gasteiger partial charge < -0.3 is 15.0 Å². The molecule has 0 bridgehead atoms. The normalized spacial score (nSPS) is 15.0. The van der Waals surface area contributed by atoms with Gasteiger partial charge in [0.15, 0.2) is 0 Å². The van der Waals surface area contributed by atoms with E-state index in [1.807, 2.05) is 31.2 Å². The summed E-state index contributed by atoms with van der Waals surface area (Å²) in [7, 11) is 1.55. The maximum atomic E-state index is 12.4. The first-order valence-corrected chi connectivity index (χ1v) is 8.35. The zero-order valence-corrected chi connectivity index (χ0v) is 14.4. The quantitative estimate of drug-likeness (QED) is 0.927. The van der Waals surface area contributed by atoms with Crippen LogP contribution in [0.4, 0.5) is 10.5 Å². The van der Waals surface area contributed by atoms with Gasteiger partial charge in [-0.05, 0) is 24.6 Å². The lowest BCUT2D eigenvalue weighted by atomic mass is 10.1. The minimum Gasteiger partial charge on any atom is -0.490 e. The molecule has 2 aromatic rings. The Hall–Kier alpha value is -2.83. The lowest BCUT2D eigenvalue weighted by Crippen LogP contribution is -2.44. The largest absolute Gasteiger partial charge is 0.490 e. The van der Waals surface area contributed by atoms with Crippen molar-refractivity contribution in [2.45, 2.75) is 25.9 Å². The lowest BCUT2D eigenvalue weighted by molar-refractivity contribution is 0.115. The Morgan fingerprint density at radius 3 is 2.68 bits per heavy atom. The summed E-state index contributed by atoms with van der Waals surface area (Å²) in [6, 6.07) is 9.17. The molecule has 1 saturated heterocycles. The third-order valence-electron chi connectivity index (χ3n) is 4.36. The second-order valence-electron chi connectivity index (χ2n) is 6.17. The number of carbonyl (C=O) groups is 1. The molecule has 3 rings (SSSR count). The number of likely N-dealkylation sites (tertiary alicyclic amines) is 1. The summed E-state index contributed by atoms with van der Waals surface area (Å²) < 4.78 is 7.24. The third kappa shape index (κ3) is 3.99. The molecule has 1 aliphatic rings. The summed E-state index contributed by atoms with van der Waals surface area (Å²) >= 11 is 0. The summed E-state index contributed by atoms with van der Waals surface area (Å²) in [5, 5.41) is 6.51. The molecular formula is C18H22N4O3. The van der Waals surface area contributed by atoms with E-state index in [0.717, 1.165) is 24.2 Å². The fourth-order valence-electron chi connectivity index (χ4n) is 2.84. The number of hydrogen-bond acceptors (Lipinski definition) is 4. The number of aryl methyl sites for hydroxylation is 2. The second-order valence-corrected chi connectivity index (χ2v) is 6.17. The van der Waals surface area contributed by atoms with E-state index in [1.165, 1.54) is 16.9 Å². The predicted octanol–water partition coefficient (Wildman–Crippen LogP) is 2.16. The van der Waals surface area contributed by atoms with Gasteiger partial charge in [0.1, 0.15) is 17.5 Å². The minimum atomic E-state index is -0.325. The highest BCUT2D eigenvalue weighted by molar-refractivity contribution is 5.89. The van der Waals surface area contributed by atoms with Crippen LogP contribution in [-0.2, 0) is 7.05 Å². The molecule has 1 N–H and O–H groups in total. The Kier molecular flexibility index (Phi) is 5.02. The molecular weight excluding hydrogens is 320 g/mol. The molecule has 7 heteroatoms. The molecule has 0 radical (unpaired) electrons. The Balaban J connectivity index is 1.55. The molecule has 0 saturated carbocycles. The SMILES string of the molecule is Cc1ccccc1OC1CCN(C(=O)Nc2ccnn(C)c2=O)CC1. The number of ether oxygens (including phenoxy) is 1. The number of hydrogen-bond donors (Lipinski definition) is 1. The fraction of sp³-hybridized carbons (Fsp3) is 0.389. The van der Waals surface area contributed by atoms with Gasteiger partial charge in [-0.2, -0.15) is 5.10 Å². The Bertz CT molecular complexity index is 810. The van der Waals surface area contributed by atoms with Crippen LogP contribution in [0.2, 0.25) is 0 Å². The number of aromatic nitrogens is 2. The summed E-state index contributed by atoms with van der Waals surface area (Å²) in [5.74, 6) is 0.894. The van der Waals surface area contributed by atoms with Crippen molar-refractivity contribution in [2.24, 2.45) is 7.05 Å². The molecule has 1 aromatic carbocycles. The van der Waals surface area contributed by atoms with Crippen molar-refractivity contribution in [3.63, 3.8) is 0 Å². The zero-order valence-electron chi connectivity index (χ0n) is 14.4. The number of benzene rings is 1. The van der Waals surface area contributed by atoms with Crippen LogP contribution >= 0.6 is 0 Å². The number of carbonyl (C=O) groups excluding carboxylic acids is 1. The number of anilines is 1. The van der Waals surface area contributed by atoms with Crippen LogP contribution in [0.5, 0.6) is 5.75 Å². The van der Waals surface area contributed by atoms with Crippen LogP contribution < -0.4 is 15.6 Å². The van der Waals surface area contributed by atoms with Gasteiger partial charge in [-0.3, -0.25) is 4.79 Å². The van der Waals surface area contributed by atoms with Crippen molar-refractivity contribution in [1.29, 1.82) is 0 Å². The Labute approximate surface area is 146 Å². The summed E-state index contributed by atoms with van der Waals surface area (Å²) in [6.45, 7) is 3.20. The first-order valence-electron chi connectivity index (χ1n) is 8.35. The number of para-hydroxylation sites is 1. The molecule has 0 spiro atoms. The summed E-state index contributed by atoms with van der Waals surface area (Å²) in [4.78, 5) is 26.0. The molecule has 1 aliphatic heterocycles. The third-order valence-corrected chi connectivity index (χ3v) is 4.36. The summed E-state index contributed by atoms with van der Waals surface area (Å²) in [5.41, 5.74) is 1.02. The van der Waals surface area contributed by atoms with Crippen molar-refractivity contribution in [1.82, 2.24) is 14.7 Å². The van der Waals surface area contributed by atoms with E-state index in [-0.39, 0.29) is 23.4 Å². The van der Waals surface area contributed by atoms with Crippen LogP contribution in [0.15, 0.2) is 41.3 Å². The summed E-state index contributed by atoms with van der Waals surface area (Å²) in [6.07, 6.45) is 3.10. The maximum Gasteiger partial charge on any atom is 0.321 e. The zero-order chi connectivity index (χ0) is 17.8. The highest BCUT2D eigenvalue weighted by Gasteiger charge is 2.24. The van der Waals surface area contributed by atoms with E-state index in [1.54, 1.807) is 11.9 Å². The number of rotatable bonds is 3. The number of urea groups is 1. The molecule has 7 nitrogen and oxygen atoms in total. The molecule has 25 heavy (non-hydrogen) atoms. The molecule has 0 atom stereocenters. The van der Waals surface area contributed by atoms with Gasteiger partial charge in [-0.25, -0.2) is 9.48 Å². The van der Waals surface area contributed by atoms with E-state index in [2.05, 4.69) is 10.4 Å². The van der Waals surface area contributed by atoms with Crippen molar-refractivity contribution in [3.8, 4) is 5.75 Å². The number of piperidine rings is 1. The fourth-order valence-corrected chi connectivity index (χ4v) is 2.84. The van der Waals surface area contributed by atoms with Crippen molar-refractivity contribution in [2.75, 3.05) is 18.4 Å². The monoisotopic (exact) mass is 342 g/mol. The van der Waals surface area contributed by atoms with Crippen LogP contribution in [0.25, 0.3) is 0 Å². The van der Waals surface area contributed by atoms with Crippen molar-refractivity contribution < 1.29 is 9.53 Å². The van der Waals surface area contributed by atoms with Gasteiger partial charge in [0.2, 0.25) is 0 Å². The van der Waals surface area contributed by atoms with E-state index in [4.69, 9.17) is 4.74 Å². The van der Waals surface area contributed by atoms with Gasteiger partial charge in [0, 0.05) is 39.2 Å². The number of nitrogens with one attached hydrogen (secondary N) is 1. The molecule has 0 unspecified atom stereocenters. The molecule has 2 heterocycles. The average molecular weight is 342 g/mol. The molecule has 0 aliphatic carbocycles. The first kappa shape index (κ1) is 17.0. The van der Waals surface area contributed by atoms with Crippen LogP contribution in [-0.4, -0.2) is 39.9 Å².